The summed E-state index contributed by atoms with van der Waals surface area (Å²) >= 11 is 3.48. The number of nitrogens with one attached hydrogen (secondary N) is 1. The average molecular weight is 603 g/mol. The van der Waals surface area contributed by atoms with Gasteiger partial charge in [0.05, 0.1) is 12.6 Å². The fraction of sp³-hybridized carbons (Fsp3) is 0.333. The molecule has 0 radical (unpaired) electrons. The quantitative estimate of drug-likeness (QED) is 0.370. The minimum absolute atomic E-state index is 0.0266. The van der Waals surface area contributed by atoms with Crippen molar-refractivity contribution in [3.05, 3.63) is 106 Å². The van der Waals surface area contributed by atoms with Crippen LogP contribution in [-0.4, -0.2) is 67.0 Å². The Morgan fingerprint density at radius 1 is 0.975 bits per heavy atom. The normalized spacial score (nSPS) is 18.4. The van der Waals surface area contributed by atoms with Gasteiger partial charge < -0.3 is 19.9 Å². The number of amides is 2. The van der Waals surface area contributed by atoms with E-state index in [4.69, 9.17) is 4.74 Å². The zero-order chi connectivity index (χ0) is 28.1. The molecule has 6 nitrogen and oxygen atoms in total. The molecule has 1 unspecified atom stereocenters. The number of carbonyl (C=O) groups excluding carboxylic acids is 2. The van der Waals surface area contributed by atoms with Gasteiger partial charge in [-0.15, -0.1) is 0 Å². The maximum Gasteiger partial charge on any atom is 0.251 e. The van der Waals surface area contributed by atoms with E-state index >= 15 is 0 Å². The van der Waals surface area contributed by atoms with Gasteiger partial charge in [-0.3, -0.25) is 9.59 Å². The SMILES string of the molecule is CC(=O)N1CC2CC(c3ccc(CCOc4cccc(Br)c4)cc3)=C(C(=O)N(C)CCc3ccccc3)[C@@H](C1)N2. The van der Waals surface area contributed by atoms with E-state index in [1.165, 1.54) is 11.1 Å². The third-order valence-corrected chi connectivity index (χ3v) is 8.26. The smallest absolute Gasteiger partial charge is 0.251 e. The first-order chi connectivity index (χ1) is 19.4. The molecule has 0 aliphatic carbocycles. The molecule has 1 fully saturated rings. The fourth-order valence-electron chi connectivity index (χ4n) is 5.59. The van der Waals surface area contributed by atoms with Crippen molar-refractivity contribution in [3.63, 3.8) is 0 Å². The van der Waals surface area contributed by atoms with Crippen LogP contribution < -0.4 is 10.1 Å². The van der Waals surface area contributed by atoms with E-state index in [0.717, 1.165) is 39.8 Å². The van der Waals surface area contributed by atoms with Crippen molar-refractivity contribution in [2.24, 2.45) is 0 Å². The summed E-state index contributed by atoms with van der Waals surface area (Å²) in [6.45, 7) is 3.99. The molecule has 2 aliphatic rings. The summed E-state index contributed by atoms with van der Waals surface area (Å²) in [6, 6.07) is 26.6. The topological polar surface area (TPSA) is 61.9 Å². The van der Waals surface area contributed by atoms with Crippen molar-refractivity contribution in [3.8, 4) is 5.75 Å². The first-order valence-electron chi connectivity index (χ1n) is 13.9. The van der Waals surface area contributed by atoms with Gasteiger partial charge in [-0.05, 0) is 53.3 Å². The summed E-state index contributed by atoms with van der Waals surface area (Å²) in [4.78, 5) is 29.9. The Hall–Kier alpha value is -3.42. The molecule has 3 aromatic rings. The van der Waals surface area contributed by atoms with Crippen molar-refractivity contribution in [1.82, 2.24) is 15.1 Å². The summed E-state index contributed by atoms with van der Waals surface area (Å²) in [5.74, 6) is 0.925. The summed E-state index contributed by atoms with van der Waals surface area (Å²) < 4.78 is 6.91. The van der Waals surface area contributed by atoms with Crippen LogP contribution in [0.1, 0.15) is 30.0 Å². The molecule has 7 heteroatoms. The van der Waals surface area contributed by atoms with Crippen LogP contribution in [0, 0.1) is 0 Å². The van der Waals surface area contributed by atoms with Crippen LogP contribution in [0.2, 0.25) is 0 Å². The van der Waals surface area contributed by atoms with Gasteiger partial charge in [-0.25, -0.2) is 0 Å². The molecule has 1 saturated heterocycles. The highest BCUT2D eigenvalue weighted by Crippen LogP contribution is 2.34. The highest BCUT2D eigenvalue weighted by Gasteiger charge is 2.39. The second-order valence-corrected chi connectivity index (χ2v) is 11.6. The molecule has 0 spiro atoms. The van der Waals surface area contributed by atoms with E-state index in [9.17, 15) is 9.59 Å². The maximum absolute atomic E-state index is 14.0. The number of ether oxygens (including phenoxy) is 1. The molecule has 2 atom stereocenters. The Bertz CT molecular complexity index is 1370. The van der Waals surface area contributed by atoms with Gasteiger partial charge in [0.15, 0.2) is 0 Å². The largest absolute Gasteiger partial charge is 0.493 e. The standard InChI is InChI=1S/C33H36BrN3O3/c1-23(38)37-21-28-20-30(26-13-11-25(12-14-26)16-18-40-29-10-6-9-27(34)19-29)32(31(22-37)35-28)33(39)36(2)17-15-24-7-4-3-5-8-24/h3-14,19,28,31,35H,15-18,20-22H2,1-2H3/t28?,31-/m1/s1. The van der Waals surface area contributed by atoms with E-state index in [0.29, 0.717) is 32.7 Å². The third kappa shape index (κ3) is 6.83. The van der Waals surface area contributed by atoms with Crippen molar-refractivity contribution >= 4 is 33.3 Å². The number of fused-ring (bicyclic) bond motifs is 2. The number of hydrogen-bond donors (Lipinski definition) is 1. The molecule has 3 aromatic carbocycles. The van der Waals surface area contributed by atoms with Crippen LogP contribution in [0.3, 0.4) is 0 Å². The molecule has 40 heavy (non-hydrogen) atoms. The van der Waals surface area contributed by atoms with E-state index in [-0.39, 0.29) is 23.9 Å². The van der Waals surface area contributed by atoms with Crippen LogP contribution in [0.25, 0.3) is 5.57 Å². The van der Waals surface area contributed by atoms with E-state index < -0.39 is 0 Å². The van der Waals surface area contributed by atoms with Gasteiger partial charge in [0.25, 0.3) is 5.91 Å². The molecule has 2 bridgehead atoms. The minimum Gasteiger partial charge on any atom is -0.493 e. The molecule has 1 N–H and O–H groups in total. The predicted octanol–water partition coefficient (Wildman–Crippen LogP) is 5.12. The van der Waals surface area contributed by atoms with Crippen molar-refractivity contribution in [1.29, 1.82) is 0 Å². The fourth-order valence-corrected chi connectivity index (χ4v) is 5.97. The van der Waals surface area contributed by atoms with Gasteiger partial charge in [0.2, 0.25) is 5.91 Å². The molecule has 208 valence electrons. The van der Waals surface area contributed by atoms with Gasteiger partial charge in [0, 0.05) is 56.1 Å². The predicted molar refractivity (Wildman–Crippen MR) is 162 cm³/mol. The lowest BCUT2D eigenvalue weighted by molar-refractivity contribution is -0.132. The number of carbonyl (C=O) groups is 2. The summed E-state index contributed by atoms with van der Waals surface area (Å²) in [7, 11) is 1.88. The lowest BCUT2D eigenvalue weighted by Crippen LogP contribution is -2.61. The lowest BCUT2D eigenvalue weighted by Gasteiger charge is -2.44. The number of rotatable bonds is 9. The van der Waals surface area contributed by atoms with Gasteiger partial charge in [-0.1, -0.05) is 76.6 Å². The second kappa shape index (κ2) is 12.8. The van der Waals surface area contributed by atoms with Crippen molar-refractivity contribution in [2.45, 2.75) is 38.3 Å². The van der Waals surface area contributed by atoms with Crippen LogP contribution >= 0.6 is 15.9 Å². The Labute approximate surface area is 245 Å². The van der Waals surface area contributed by atoms with Crippen LogP contribution in [0.5, 0.6) is 5.75 Å². The molecule has 0 aromatic heterocycles. The Balaban J connectivity index is 1.34. The Morgan fingerprint density at radius 2 is 1.73 bits per heavy atom. The maximum atomic E-state index is 14.0. The van der Waals surface area contributed by atoms with E-state index in [1.54, 1.807) is 6.92 Å². The monoisotopic (exact) mass is 601 g/mol. The van der Waals surface area contributed by atoms with E-state index in [1.807, 2.05) is 59.3 Å². The molecular formula is C33H36BrN3O3. The van der Waals surface area contributed by atoms with Crippen molar-refractivity contribution < 1.29 is 14.3 Å². The number of halogens is 1. The molecule has 2 amide bonds. The van der Waals surface area contributed by atoms with Crippen LogP contribution in [-0.2, 0) is 22.4 Å². The Morgan fingerprint density at radius 3 is 2.45 bits per heavy atom. The van der Waals surface area contributed by atoms with Gasteiger partial charge >= 0.3 is 0 Å². The summed E-state index contributed by atoms with van der Waals surface area (Å²) in [5.41, 5.74) is 5.33. The lowest BCUT2D eigenvalue weighted by atomic mass is 9.82. The number of piperazine rings is 1. The van der Waals surface area contributed by atoms with E-state index in [2.05, 4.69) is 57.6 Å². The molecule has 5 rings (SSSR count). The Kier molecular flexibility index (Phi) is 9.02. The first kappa shape index (κ1) is 28.1. The molecular weight excluding hydrogens is 566 g/mol. The second-order valence-electron chi connectivity index (χ2n) is 10.7. The van der Waals surface area contributed by atoms with Gasteiger partial charge in [0.1, 0.15) is 5.75 Å². The number of hydrogen-bond acceptors (Lipinski definition) is 4. The van der Waals surface area contributed by atoms with Gasteiger partial charge in [-0.2, -0.15) is 0 Å². The zero-order valence-corrected chi connectivity index (χ0v) is 24.7. The number of benzene rings is 3. The zero-order valence-electron chi connectivity index (χ0n) is 23.1. The first-order valence-corrected chi connectivity index (χ1v) is 14.7. The number of likely N-dealkylation sites (N-methyl/N-ethyl adjacent to an activating group) is 1. The summed E-state index contributed by atoms with van der Waals surface area (Å²) in [6.07, 6.45) is 2.29. The summed E-state index contributed by atoms with van der Waals surface area (Å²) in [5, 5.41) is 3.64. The highest BCUT2D eigenvalue weighted by molar-refractivity contribution is 9.10. The molecule has 0 saturated carbocycles. The van der Waals surface area contributed by atoms with Crippen molar-refractivity contribution in [2.75, 3.05) is 33.3 Å². The van der Waals surface area contributed by atoms with Crippen LogP contribution in [0.15, 0.2) is 88.9 Å². The third-order valence-electron chi connectivity index (χ3n) is 7.76. The average Bonchev–Trinajstić information content (AvgIpc) is 2.96. The molecule has 2 heterocycles. The molecule has 2 aliphatic heterocycles. The van der Waals surface area contributed by atoms with Crippen LogP contribution in [0.4, 0.5) is 0 Å². The minimum atomic E-state index is -0.184. The highest BCUT2D eigenvalue weighted by atomic mass is 79.9. The number of nitrogens with zero attached hydrogens (tertiary/aromatic N) is 2.